The van der Waals surface area contributed by atoms with Crippen molar-refractivity contribution in [1.82, 2.24) is 4.72 Å². The highest BCUT2D eigenvalue weighted by atomic mass is 32.2. The predicted molar refractivity (Wildman–Crippen MR) is 92.1 cm³/mol. The molecule has 8 nitrogen and oxygen atoms in total. The standard InChI is InChI=1S/C17H16N2O6S/c20-17-10-24-14-6-5-12(7-13(14)19-17)26(21,22)18-8-11-9-23-15-3-1-2-4-16(15)25-11/h1-7,11,18H,8-10H2,(H,19,20)/t11-/m1/s1. The number of sulfonamides is 1. The van der Waals surface area contributed by atoms with Gasteiger partial charge in [0.1, 0.15) is 18.5 Å². The Hall–Kier alpha value is -2.78. The molecular formula is C17H16N2O6S. The van der Waals surface area contributed by atoms with Crippen LogP contribution in [-0.2, 0) is 14.8 Å². The van der Waals surface area contributed by atoms with E-state index in [0.717, 1.165) is 0 Å². The molecule has 0 unspecified atom stereocenters. The molecule has 2 aliphatic heterocycles. The van der Waals surface area contributed by atoms with E-state index in [2.05, 4.69) is 10.0 Å². The number of ether oxygens (including phenoxy) is 3. The van der Waals surface area contributed by atoms with Crippen molar-refractivity contribution in [3.05, 3.63) is 42.5 Å². The van der Waals surface area contributed by atoms with Gasteiger partial charge in [-0.3, -0.25) is 4.79 Å². The van der Waals surface area contributed by atoms with Crippen molar-refractivity contribution in [1.29, 1.82) is 0 Å². The van der Waals surface area contributed by atoms with Gasteiger partial charge < -0.3 is 19.5 Å². The van der Waals surface area contributed by atoms with Crippen LogP contribution in [-0.4, -0.2) is 40.2 Å². The molecule has 4 rings (SSSR count). The van der Waals surface area contributed by atoms with Gasteiger partial charge in [-0.15, -0.1) is 0 Å². The van der Waals surface area contributed by atoms with Gasteiger partial charge in [-0.1, -0.05) is 12.1 Å². The van der Waals surface area contributed by atoms with Crippen molar-refractivity contribution in [3.63, 3.8) is 0 Å². The molecular weight excluding hydrogens is 360 g/mol. The lowest BCUT2D eigenvalue weighted by Crippen LogP contribution is -2.40. The molecule has 0 bridgehead atoms. The monoisotopic (exact) mass is 376 g/mol. The number of benzene rings is 2. The Kier molecular flexibility index (Phi) is 4.17. The largest absolute Gasteiger partial charge is 0.486 e. The zero-order chi connectivity index (χ0) is 18.1. The summed E-state index contributed by atoms with van der Waals surface area (Å²) in [6, 6.07) is 11.5. The number of carbonyl (C=O) groups excluding carboxylic acids is 1. The number of nitrogens with one attached hydrogen (secondary N) is 2. The minimum absolute atomic E-state index is 0.0270. The molecule has 0 fully saturated rings. The van der Waals surface area contributed by atoms with Gasteiger partial charge in [-0.2, -0.15) is 0 Å². The zero-order valence-corrected chi connectivity index (χ0v) is 14.4. The van der Waals surface area contributed by atoms with Gasteiger partial charge in [0.2, 0.25) is 10.0 Å². The number of hydrogen-bond donors (Lipinski definition) is 2. The van der Waals surface area contributed by atoms with Gasteiger partial charge >= 0.3 is 0 Å². The molecule has 2 N–H and O–H groups in total. The minimum atomic E-state index is -3.78. The van der Waals surface area contributed by atoms with Crippen LogP contribution < -0.4 is 24.2 Å². The molecule has 2 aromatic rings. The van der Waals surface area contributed by atoms with Crippen molar-refractivity contribution >= 4 is 21.6 Å². The lowest BCUT2D eigenvalue weighted by molar-refractivity contribution is -0.118. The Morgan fingerprint density at radius 2 is 1.88 bits per heavy atom. The van der Waals surface area contributed by atoms with Crippen molar-refractivity contribution in [3.8, 4) is 17.2 Å². The number of carbonyl (C=O) groups is 1. The third kappa shape index (κ3) is 3.31. The molecule has 1 atom stereocenters. The lowest BCUT2D eigenvalue weighted by Gasteiger charge is -2.26. The molecule has 2 aliphatic rings. The van der Waals surface area contributed by atoms with Gasteiger partial charge in [0.15, 0.2) is 18.1 Å². The second-order valence-corrected chi connectivity index (χ2v) is 7.61. The maximum atomic E-state index is 12.5. The van der Waals surface area contributed by atoms with E-state index in [1.807, 2.05) is 12.1 Å². The van der Waals surface area contributed by atoms with Crippen LogP contribution >= 0.6 is 0 Å². The van der Waals surface area contributed by atoms with Crippen LogP contribution in [0, 0.1) is 0 Å². The van der Waals surface area contributed by atoms with E-state index >= 15 is 0 Å². The maximum Gasteiger partial charge on any atom is 0.262 e. The first kappa shape index (κ1) is 16.7. The maximum absolute atomic E-state index is 12.5. The highest BCUT2D eigenvalue weighted by Gasteiger charge is 2.25. The summed E-state index contributed by atoms with van der Waals surface area (Å²) in [6.45, 7) is 0.210. The smallest absolute Gasteiger partial charge is 0.262 e. The Morgan fingerprint density at radius 1 is 1.08 bits per heavy atom. The first-order valence-corrected chi connectivity index (χ1v) is 9.44. The second-order valence-electron chi connectivity index (χ2n) is 5.84. The Morgan fingerprint density at radius 3 is 2.73 bits per heavy atom. The number of rotatable bonds is 4. The van der Waals surface area contributed by atoms with Gasteiger partial charge in [-0.05, 0) is 30.3 Å². The van der Waals surface area contributed by atoms with Crippen molar-refractivity contribution < 1.29 is 27.4 Å². The molecule has 26 heavy (non-hydrogen) atoms. The van der Waals surface area contributed by atoms with Crippen LogP contribution in [0.4, 0.5) is 5.69 Å². The van der Waals surface area contributed by atoms with Gasteiger partial charge in [-0.25, -0.2) is 13.1 Å². The summed E-state index contributed by atoms with van der Waals surface area (Å²) >= 11 is 0. The normalized spacial score (nSPS) is 18.5. The van der Waals surface area contributed by atoms with Crippen LogP contribution in [0.3, 0.4) is 0 Å². The van der Waals surface area contributed by atoms with Crippen LogP contribution in [0.2, 0.25) is 0 Å². The van der Waals surface area contributed by atoms with Gasteiger partial charge in [0.25, 0.3) is 5.91 Å². The molecule has 0 aliphatic carbocycles. The first-order valence-electron chi connectivity index (χ1n) is 7.96. The molecule has 0 aromatic heterocycles. The fourth-order valence-corrected chi connectivity index (χ4v) is 3.77. The summed E-state index contributed by atoms with van der Waals surface area (Å²) in [6.07, 6.45) is -0.444. The number of anilines is 1. The third-order valence-electron chi connectivity index (χ3n) is 3.96. The van der Waals surface area contributed by atoms with Crippen molar-refractivity contribution in [2.24, 2.45) is 0 Å². The molecule has 0 spiro atoms. The van der Waals surface area contributed by atoms with E-state index in [-0.39, 0.29) is 30.6 Å². The van der Waals surface area contributed by atoms with Gasteiger partial charge in [0, 0.05) is 0 Å². The van der Waals surface area contributed by atoms with Crippen LogP contribution in [0.15, 0.2) is 47.4 Å². The molecule has 9 heteroatoms. The highest BCUT2D eigenvalue weighted by molar-refractivity contribution is 7.89. The summed E-state index contributed by atoms with van der Waals surface area (Å²) in [7, 11) is -3.78. The van der Waals surface area contributed by atoms with E-state index in [4.69, 9.17) is 14.2 Å². The molecule has 0 radical (unpaired) electrons. The zero-order valence-electron chi connectivity index (χ0n) is 13.6. The first-order chi connectivity index (χ1) is 12.5. The summed E-state index contributed by atoms with van der Waals surface area (Å²) in [5, 5.41) is 2.59. The number of fused-ring (bicyclic) bond motifs is 2. The minimum Gasteiger partial charge on any atom is -0.486 e. The Balaban J connectivity index is 1.45. The number of amides is 1. The van der Waals surface area contributed by atoms with E-state index < -0.39 is 16.1 Å². The van der Waals surface area contributed by atoms with Crippen LogP contribution in [0.5, 0.6) is 17.2 Å². The SMILES string of the molecule is O=C1COc2ccc(S(=O)(=O)NC[C@@H]3COc4ccccc4O3)cc2N1. The van der Waals surface area contributed by atoms with E-state index in [1.165, 1.54) is 18.2 Å². The summed E-state index contributed by atoms with van der Waals surface area (Å²) in [5.74, 6) is 1.32. The topological polar surface area (TPSA) is 103 Å². The van der Waals surface area contributed by atoms with E-state index in [9.17, 15) is 13.2 Å². The van der Waals surface area contributed by atoms with Crippen LogP contribution in [0.1, 0.15) is 0 Å². The highest BCUT2D eigenvalue weighted by Crippen LogP contribution is 2.31. The van der Waals surface area contributed by atoms with Crippen molar-refractivity contribution in [2.75, 3.05) is 25.1 Å². The van der Waals surface area contributed by atoms with E-state index in [1.54, 1.807) is 12.1 Å². The number of para-hydroxylation sites is 2. The average Bonchev–Trinajstić information content (AvgIpc) is 2.65. The molecule has 0 saturated heterocycles. The molecule has 0 saturated carbocycles. The third-order valence-corrected chi connectivity index (χ3v) is 5.38. The van der Waals surface area contributed by atoms with Crippen LogP contribution in [0.25, 0.3) is 0 Å². The number of hydrogen-bond acceptors (Lipinski definition) is 6. The summed E-state index contributed by atoms with van der Waals surface area (Å²) < 4.78 is 44.1. The van der Waals surface area contributed by atoms with E-state index in [0.29, 0.717) is 22.9 Å². The summed E-state index contributed by atoms with van der Waals surface area (Å²) in [4.78, 5) is 11.4. The fraction of sp³-hybridized carbons (Fsp3) is 0.235. The Bertz CT molecular complexity index is 959. The fourth-order valence-electron chi connectivity index (χ4n) is 2.68. The molecule has 2 aromatic carbocycles. The second kappa shape index (κ2) is 6.50. The molecule has 2 heterocycles. The summed E-state index contributed by atoms with van der Waals surface area (Å²) in [5.41, 5.74) is 0.329. The Labute approximate surface area is 150 Å². The van der Waals surface area contributed by atoms with Gasteiger partial charge in [0.05, 0.1) is 17.1 Å². The average molecular weight is 376 g/mol. The van der Waals surface area contributed by atoms with Crippen molar-refractivity contribution in [2.45, 2.75) is 11.0 Å². The quantitative estimate of drug-likeness (QED) is 0.829. The molecule has 136 valence electrons. The molecule has 1 amide bonds. The predicted octanol–water partition coefficient (Wildman–Crippen LogP) is 1.14. The lowest BCUT2D eigenvalue weighted by atomic mass is 10.2.